The van der Waals surface area contributed by atoms with Gasteiger partial charge < -0.3 is 15.0 Å². The number of hydrogen-bond acceptors (Lipinski definition) is 4. The van der Waals surface area contributed by atoms with E-state index in [4.69, 9.17) is 4.74 Å². The van der Waals surface area contributed by atoms with Gasteiger partial charge in [0, 0.05) is 31.7 Å². The number of amides is 1. The highest BCUT2D eigenvalue weighted by Crippen LogP contribution is 2.43. The Kier molecular flexibility index (Phi) is 4.21. The normalized spacial score (nSPS) is 25.2. The second-order valence-corrected chi connectivity index (χ2v) is 7.06. The number of benzene rings is 1. The Morgan fingerprint density at radius 3 is 2.80 bits per heavy atom. The van der Waals surface area contributed by atoms with E-state index in [9.17, 15) is 4.79 Å². The molecule has 2 aliphatic heterocycles. The number of fused-ring (bicyclic) bond motifs is 1. The standard InChI is InChI=1S/C19H24N4O2/c1-13-7-21-22(10-13)12-18(24)23-11-15-8-20-9-17(15)19(23)14-3-5-16(25-2)6-4-14/h3-7,10,15,17,19-20H,8-9,11-12H2,1-2H3/t15-,17-,19-/m0/s1. The molecule has 3 atom stereocenters. The molecule has 3 heterocycles. The summed E-state index contributed by atoms with van der Waals surface area (Å²) in [6, 6.07) is 8.25. The van der Waals surface area contributed by atoms with Crippen molar-refractivity contribution >= 4 is 5.91 Å². The van der Waals surface area contributed by atoms with Gasteiger partial charge >= 0.3 is 0 Å². The van der Waals surface area contributed by atoms with Crippen molar-refractivity contribution in [2.24, 2.45) is 11.8 Å². The van der Waals surface area contributed by atoms with Gasteiger partial charge in [-0.3, -0.25) is 9.48 Å². The lowest BCUT2D eigenvalue weighted by Gasteiger charge is -2.28. The number of rotatable bonds is 4. The van der Waals surface area contributed by atoms with Crippen LogP contribution in [0.25, 0.3) is 0 Å². The van der Waals surface area contributed by atoms with Crippen molar-refractivity contribution < 1.29 is 9.53 Å². The lowest BCUT2D eigenvalue weighted by molar-refractivity contribution is -0.133. The van der Waals surface area contributed by atoms with Crippen LogP contribution in [0.2, 0.25) is 0 Å². The summed E-state index contributed by atoms with van der Waals surface area (Å²) >= 11 is 0. The van der Waals surface area contributed by atoms with Crippen LogP contribution in [0.5, 0.6) is 5.75 Å². The number of hydrogen-bond donors (Lipinski definition) is 1. The van der Waals surface area contributed by atoms with Gasteiger partial charge in [0.25, 0.3) is 0 Å². The molecule has 25 heavy (non-hydrogen) atoms. The zero-order chi connectivity index (χ0) is 17.4. The van der Waals surface area contributed by atoms with Crippen LogP contribution >= 0.6 is 0 Å². The van der Waals surface area contributed by atoms with Gasteiger partial charge in [0.2, 0.25) is 5.91 Å². The fourth-order valence-corrected chi connectivity index (χ4v) is 4.19. The largest absolute Gasteiger partial charge is 0.497 e. The van der Waals surface area contributed by atoms with Gasteiger partial charge in [0.05, 0.1) is 19.3 Å². The Labute approximate surface area is 147 Å². The van der Waals surface area contributed by atoms with E-state index < -0.39 is 0 Å². The number of aromatic nitrogens is 2. The summed E-state index contributed by atoms with van der Waals surface area (Å²) in [6.07, 6.45) is 3.70. The van der Waals surface area contributed by atoms with Gasteiger partial charge in [-0.05, 0) is 36.1 Å². The van der Waals surface area contributed by atoms with Crippen LogP contribution in [0.1, 0.15) is 17.2 Å². The molecule has 132 valence electrons. The Balaban J connectivity index is 1.59. The molecule has 0 bridgehead atoms. The van der Waals surface area contributed by atoms with Crippen LogP contribution in [0.4, 0.5) is 0 Å². The summed E-state index contributed by atoms with van der Waals surface area (Å²) < 4.78 is 7.00. The van der Waals surface area contributed by atoms with Gasteiger partial charge in [-0.1, -0.05) is 12.1 Å². The summed E-state index contributed by atoms with van der Waals surface area (Å²) in [7, 11) is 1.67. The second kappa shape index (κ2) is 6.52. The highest BCUT2D eigenvalue weighted by Gasteiger charge is 2.46. The average Bonchev–Trinajstić information content (AvgIpc) is 3.30. The first-order valence-corrected chi connectivity index (χ1v) is 8.79. The fourth-order valence-electron chi connectivity index (χ4n) is 4.19. The van der Waals surface area contributed by atoms with Gasteiger partial charge in [0.15, 0.2) is 0 Å². The first-order valence-electron chi connectivity index (χ1n) is 8.79. The summed E-state index contributed by atoms with van der Waals surface area (Å²) in [5, 5.41) is 7.74. The van der Waals surface area contributed by atoms with Crippen LogP contribution in [-0.2, 0) is 11.3 Å². The molecular formula is C19H24N4O2. The molecule has 6 nitrogen and oxygen atoms in total. The van der Waals surface area contributed by atoms with Crippen molar-refractivity contribution in [1.82, 2.24) is 20.0 Å². The number of methoxy groups -OCH3 is 1. The summed E-state index contributed by atoms with van der Waals surface area (Å²) in [5.74, 6) is 1.97. The highest BCUT2D eigenvalue weighted by molar-refractivity contribution is 5.77. The van der Waals surface area contributed by atoms with Gasteiger partial charge in [-0.25, -0.2) is 0 Å². The number of carbonyl (C=O) groups is 1. The number of likely N-dealkylation sites (tertiary alicyclic amines) is 1. The van der Waals surface area contributed by atoms with E-state index in [0.717, 1.165) is 30.9 Å². The van der Waals surface area contributed by atoms with Crippen molar-refractivity contribution in [3.8, 4) is 5.75 Å². The Morgan fingerprint density at radius 1 is 1.32 bits per heavy atom. The zero-order valence-corrected chi connectivity index (χ0v) is 14.7. The van der Waals surface area contributed by atoms with E-state index >= 15 is 0 Å². The van der Waals surface area contributed by atoms with Crippen LogP contribution in [0.15, 0.2) is 36.7 Å². The van der Waals surface area contributed by atoms with E-state index in [1.54, 1.807) is 18.0 Å². The smallest absolute Gasteiger partial charge is 0.244 e. The predicted molar refractivity (Wildman–Crippen MR) is 94.3 cm³/mol. The van der Waals surface area contributed by atoms with Crippen molar-refractivity contribution in [2.45, 2.75) is 19.5 Å². The number of nitrogens with one attached hydrogen (secondary N) is 1. The maximum Gasteiger partial charge on any atom is 0.244 e. The monoisotopic (exact) mass is 340 g/mol. The maximum atomic E-state index is 13.0. The number of ether oxygens (including phenoxy) is 1. The van der Waals surface area contributed by atoms with E-state index in [0.29, 0.717) is 18.4 Å². The molecule has 1 amide bonds. The zero-order valence-electron chi connectivity index (χ0n) is 14.7. The number of carbonyl (C=O) groups excluding carboxylic acids is 1. The molecule has 0 saturated carbocycles. The van der Waals surface area contributed by atoms with Gasteiger partial charge in [-0.2, -0.15) is 5.10 Å². The topological polar surface area (TPSA) is 59.4 Å². The molecule has 2 fully saturated rings. The third-order valence-electron chi connectivity index (χ3n) is 5.40. The minimum absolute atomic E-state index is 0.120. The molecule has 2 aliphatic rings. The first-order chi connectivity index (χ1) is 12.2. The van der Waals surface area contributed by atoms with Crippen molar-refractivity contribution in [3.63, 3.8) is 0 Å². The minimum Gasteiger partial charge on any atom is -0.497 e. The summed E-state index contributed by atoms with van der Waals surface area (Å²) in [6.45, 7) is 5.05. The second-order valence-electron chi connectivity index (χ2n) is 7.06. The molecular weight excluding hydrogens is 316 g/mol. The fraction of sp³-hybridized carbons (Fsp3) is 0.474. The lowest BCUT2D eigenvalue weighted by atomic mass is 9.89. The molecule has 0 radical (unpaired) electrons. The predicted octanol–water partition coefficient (Wildman–Crippen LogP) is 1.62. The summed E-state index contributed by atoms with van der Waals surface area (Å²) in [5.41, 5.74) is 2.25. The van der Waals surface area contributed by atoms with Crippen molar-refractivity contribution in [3.05, 3.63) is 47.8 Å². The van der Waals surface area contributed by atoms with E-state index in [1.165, 1.54) is 5.56 Å². The first kappa shape index (κ1) is 16.1. The van der Waals surface area contributed by atoms with E-state index in [2.05, 4.69) is 27.4 Å². The summed E-state index contributed by atoms with van der Waals surface area (Å²) in [4.78, 5) is 15.0. The van der Waals surface area contributed by atoms with E-state index in [-0.39, 0.29) is 11.9 Å². The van der Waals surface area contributed by atoms with E-state index in [1.807, 2.05) is 25.3 Å². The quantitative estimate of drug-likeness (QED) is 0.919. The third kappa shape index (κ3) is 3.02. The molecule has 4 rings (SSSR count). The van der Waals surface area contributed by atoms with Crippen LogP contribution in [0, 0.1) is 18.8 Å². The molecule has 1 aromatic heterocycles. The lowest BCUT2D eigenvalue weighted by Crippen LogP contribution is -2.36. The molecule has 1 aromatic carbocycles. The number of aryl methyl sites for hydroxylation is 1. The van der Waals surface area contributed by atoms with Crippen LogP contribution < -0.4 is 10.1 Å². The average molecular weight is 340 g/mol. The molecule has 2 saturated heterocycles. The van der Waals surface area contributed by atoms with Crippen LogP contribution in [-0.4, -0.2) is 47.3 Å². The van der Waals surface area contributed by atoms with Crippen LogP contribution in [0.3, 0.4) is 0 Å². The minimum atomic E-state index is 0.120. The highest BCUT2D eigenvalue weighted by atomic mass is 16.5. The Morgan fingerprint density at radius 2 is 2.12 bits per heavy atom. The SMILES string of the molecule is COc1ccc([C@H]2[C@H]3CNC[C@H]3CN2C(=O)Cn2cc(C)cn2)cc1. The third-order valence-corrected chi connectivity index (χ3v) is 5.40. The maximum absolute atomic E-state index is 13.0. The number of nitrogens with zero attached hydrogens (tertiary/aromatic N) is 3. The molecule has 0 aliphatic carbocycles. The van der Waals surface area contributed by atoms with Crippen molar-refractivity contribution in [1.29, 1.82) is 0 Å². The van der Waals surface area contributed by atoms with Gasteiger partial charge in [0.1, 0.15) is 12.3 Å². The van der Waals surface area contributed by atoms with Crippen molar-refractivity contribution in [2.75, 3.05) is 26.7 Å². The molecule has 2 aromatic rings. The van der Waals surface area contributed by atoms with Gasteiger partial charge in [-0.15, -0.1) is 0 Å². The molecule has 0 spiro atoms. The molecule has 0 unspecified atom stereocenters. The molecule has 1 N–H and O–H groups in total. The Bertz CT molecular complexity index is 755. The molecule has 6 heteroatoms. The Hall–Kier alpha value is -2.34.